The van der Waals surface area contributed by atoms with Crippen molar-refractivity contribution in [3.05, 3.63) is 10.8 Å². The van der Waals surface area contributed by atoms with Crippen molar-refractivity contribution in [3.63, 3.8) is 0 Å². The molecule has 0 amide bonds. The van der Waals surface area contributed by atoms with Gasteiger partial charge < -0.3 is 15.6 Å². The lowest BCUT2D eigenvalue weighted by molar-refractivity contribution is 0.392. The fourth-order valence-electron chi connectivity index (χ4n) is 1.40. The first-order valence-corrected chi connectivity index (χ1v) is 5.72. The SMILES string of the molecule is CC(CN(C)C)Nc1ncnc(NN)c1Br. The van der Waals surface area contributed by atoms with Gasteiger partial charge in [-0.2, -0.15) is 0 Å². The molecule has 1 aromatic rings. The summed E-state index contributed by atoms with van der Waals surface area (Å²) in [6.45, 7) is 3.01. The number of hydrazine groups is 1. The largest absolute Gasteiger partial charge is 0.365 e. The van der Waals surface area contributed by atoms with E-state index in [0.29, 0.717) is 5.82 Å². The molecule has 0 aliphatic carbocycles. The Labute approximate surface area is 104 Å². The lowest BCUT2D eigenvalue weighted by Gasteiger charge is -2.19. The Bertz CT molecular complexity index is 343. The lowest BCUT2D eigenvalue weighted by Crippen LogP contribution is -2.30. The average Bonchev–Trinajstić information content (AvgIpc) is 2.20. The summed E-state index contributed by atoms with van der Waals surface area (Å²) in [6, 6.07) is 0.284. The van der Waals surface area contributed by atoms with Gasteiger partial charge in [0.15, 0.2) is 5.82 Å². The topological polar surface area (TPSA) is 79.1 Å². The van der Waals surface area contributed by atoms with Gasteiger partial charge in [-0.25, -0.2) is 15.8 Å². The van der Waals surface area contributed by atoms with Gasteiger partial charge in [0.1, 0.15) is 16.6 Å². The summed E-state index contributed by atoms with van der Waals surface area (Å²) < 4.78 is 0.739. The lowest BCUT2D eigenvalue weighted by atomic mass is 10.3. The first-order valence-electron chi connectivity index (χ1n) is 4.93. The smallest absolute Gasteiger partial charge is 0.159 e. The summed E-state index contributed by atoms with van der Waals surface area (Å²) in [5, 5.41) is 3.28. The van der Waals surface area contributed by atoms with E-state index < -0.39 is 0 Å². The van der Waals surface area contributed by atoms with Crippen LogP contribution in [0.5, 0.6) is 0 Å². The fraction of sp³-hybridized carbons (Fsp3) is 0.556. The third kappa shape index (κ3) is 3.58. The van der Waals surface area contributed by atoms with Crippen LogP contribution < -0.4 is 16.6 Å². The first-order chi connectivity index (χ1) is 7.54. The minimum absolute atomic E-state index is 0.284. The molecule has 7 heteroatoms. The predicted molar refractivity (Wildman–Crippen MR) is 69.2 cm³/mol. The third-order valence-electron chi connectivity index (χ3n) is 1.95. The fourth-order valence-corrected chi connectivity index (χ4v) is 1.83. The standard InChI is InChI=1S/C9H17BrN6/c1-6(4-16(2)3)14-8-7(10)9(15-11)13-5-12-8/h5-6H,4,11H2,1-3H3,(H2,12,13,14,15). The Kier molecular flexibility index (Phi) is 4.91. The van der Waals surface area contributed by atoms with Gasteiger partial charge in [0, 0.05) is 12.6 Å². The van der Waals surface area contributed by atoms with Crippen LogP contribution in [0.15, 0.2) is 10.8 Å². The summed E-state index contributed by atoms with van der Waals surface area (Å²) in [6.07, 6.45) is 1.46. The maximum absolute atomic E-state index is 5.32. The maximum atomic E-state index is 5.32. The molecule has 4 N–H and O–H groups in total. The number of nitrogens with two attached hydrogens (primary N) is 1. The van der Waals surface area contributed by atoms with Gasteiger partial charge in [0.05, 0.1) is 0 Å². The molecule has 0 aliphatic rings. The zero-order valence-corrected chi connectivity index (χ0v) is 11.2. The van der Waals surface area contributed by atoms with Crippen molar-refractivity contribution in [2.45, 2.75) is 13.0 Å². The number of likely N-dealkylation sites (N-methyl/N-ethyl adjacent to an activating group) is 1. The van der Waals surface area contributed by atoms with Crippen molar-refractivity contribution >= 4 is 27.6 Å². The van der Waals surface area contributed by atoms with Gasteiger partial charge in [-0.3, -0.25) is 0 Å². The number of nitrogens with one attached hydrogen (secondary N) is 2. The van der Waals surface area contributed by atoms with E-state index in [-0.39, 0.29) is 6.04 Å². The molecule has 1 unspecified atom stereocenters. The molecule has 1 atom stereocenters. The molecular formula is C9H17BrN6. The number of nitrogens with zero attached hydrogens (tertiary/aromatic N) is 3. The highest BCUT2D eigenvalue weighted by atomic mass is 79.9. The molecule has 16 heavy (non-hydrogen) atoms. The molecule has 0 spiro atoms. The van der Waals surface area contributed by atoms with E-state index in [1.807, 2.05) is 14.1 Å². The van der Waals surface area contributed by atoms with Crippen molar-refractivity contribution in [1.82, 2.24) is 14.9 Å². The molecule has 0 radical (unpaired) electrons. The molecule has 0 saturated heterocycles. The van der Waals surface area contributed by atoms with Crippen LogP contribution in [0.25, 0.3) is 0 Å². The molecule has 0 fully saturated rings. The molecule has 1 rings (SSSR count). The third-order valence-corrected chi connectivity index (χ3v) is 2.70. The predicted octanol–water partition coefficient (Wildman–Crippen LogP) is 0.887. The van der Waals surface area contributed by atoms with Crippen LogP contribution >= 0.6 is 15.9 Å². The Morgan fingerprint density at radius 2 is 2.06 bits per heavy atom. The quantitative estimate of drug-likeness (QED) is 0.552. The van der Waals surface area contributed by atoms with Gasteiger partial charge in [0.25, 0.3) is 0 Å². The molecule has 0 bridgehead atoms. The van der Waals surface area contributed by atoms with E-state index in [4.69, 9.17) is 5.84 Å². The summed E-state index contributed by atoms with van der Waals surface area (Å²) >= 11 is 3.39. The molecule has 6 nitrogen and oxygen atoms in total. The molecule has 1 aromatic heterocycles. The number of halogens is 1. The minimum atomic E-state index is 0.284. The van der Waals surface area contributed by atoms with Crippen molar-refractivity contribution in [2.24, 2.45) is 5.84 Å². The Balaban J connectivity index is 2.73. The van der Waals surface area contributed by atoms with Crippen LogP contribution in [-0.4, -0.2) is 41.5 Å². The van der Waals surface area contributed by atoms with Crippen LogP contribution in [-0.2, 0) is 0 Å². The van der Waals surface area contributed by atoms with Crippen LogP contribution in [0.2, 0.25) is 0 Å². The molecule has 1 heterocycles. The molecule has 0 aliphatic heterocycles. The van der Waals surface area contributed by atoms with E-state index in [1.54, 1.807) is 0 Å². The molecular weight excluding hydrogens is 272 g/mol. The van der Waals surface area contributed by atoms with E-state index in [0.717, 1.165) is 16.8 Å². The van der Waals surface area contributed by atoms with Gasteiger partial charge in [0.2, 0.25) is 0 Å². The van der Waals surface area contributed by atoms with Crippen LogP contribution in [0.3, 0.4) is 0 Å². The second-order valence-corrected chi connectivity index (χ2v) is 4.63. The highest BCUT2D eigenvalue weighted by molar-refractivity contribution is 9.10. The zero-order chi connectivity index (χ0) is 12.1. The second kappa shape index (κ2) is 5.97. The number of hydrogen-bond donors (Lipinski definition) is 3. The molecule has 0 saturated carbocycles. The summed E-state index contributed by atoms with van der Waals surface area (Å²) in [5.74, 6) is 6.62. The highest BCUT2D eigenvalue weighted by Crippen LogP contribution is 2.26. The van der Waals surface area contributed by atoms with Gasteiger partial charge in [-0.1, -0.05) is 0 Å². The van der Waals surface area contributed by atoms with Crippen LogP contribution in [0.1, 0.15) is 6.92 Å². The minimum Gasteiger partial charge on any atom is -0.365 e. The van der Waals surface area contributed by atoms with E-state index in [9.17, 15) is 0 Å². The number of anilines is 2. The van der Waals surface area contributed by atoms with E-state index >= 15 is 0 Å². The van der Waals surface area contributed by atoms with E-state index in [2.05, 4.69) is 48.5 Å². The van der Waals surface area contributed by atoms with Gasteiger partial charge >= 0.3 is 0 Å². The first kappa shape index (κ1) is 13.1. The average molecular weight is 289 g/mol. The van der Waals surface area contributed by atoms with E-state index in [1.165, 1.54) is 6.33 Å². The van der Waals surface area contributed by atoms with Gasteiger partial charge in [-0.15, -0.1) is 0 Å². The number of hydrogen-bond acceptors (Lipinski definition) is 6. The van der Waals surface area contributed by atoms with Crippen molar-refractivity contribution in [3.8, 4) is 0 Å². The maximum Gasteiger partial charge on any atom is 0.159 e. The van der Waals surface area contributed by atoms with Crippen LogP contribution in [0, 0.1) is 0 Å². The molecule has 90 valence electrons. The molecule has 0 aromatic carbocycles. The normalized spacial score (nSPS) is 12.6. The Morgan fingerprint density at radius 1 is 1.44 bits per heavy atom. The zero-order valence-electron chi connectivity index (χ0n) is 9.66. The second-order valence-electron chi connectivity index (χ2n) is 3.84. The van der Waals surface area contributed by atoms with Crippen LogP contribution in [0.4, 0.5) is 11.6 Å². The Morgan fingerprint density at radius 3 is 2.62 bits per heavy atom. The van der Waals surface area contributed by atoms with Crippen molar-refractivity contribution in [1.29, 1.82) is 0 Å². The van der Waals surface area contributed by atoms with Crippen molar-refractivity contribution < 1.29 is 0 Å². The summed E-state index contributed by atoms with van der Waals surface area (Å²) in [7, 11) is 4.06. The highest BCUT2D eigenvalue weighted by Gasteiger charge is 2.10. The monoisotopic (exact) mass is 288 g/mol. The number of nitrogen functional groups attached to an aromatic ring is 1. The van der Waals surface area contributed by atoms with Crippen molar-refractivity contribution in [2.75, 3.05) is 31.4 Å². The summed E-state index contributed by atoms with van der Waals surface area (Å²) in [4.78, 5) is 10.2. The number of rotatable bonds is 5. The Hall–Kier alpha value is -0.920. The van der Waals surface area contributed by atoms with Gasteiger partial charge in [-0.05, 0) is 36.9 Å². The number of aromatic nitrogens is 2. The summed E-state index contributed by atoms with van der Waals surface area (Å²) in [5.41, 5.74) is 2.50.